The van der Waals surface area contributed by atoms with Crippen molar-refractivity contribution in [1.29, 1.82) is 0 Å². The first kappa shape index (κ1) is 29.3. The highest BCUT2D eigenvalue weighted by atomic mass is 16.4. The summed E-state index contributed by atoms with van der Waals surface area (Å²) in [7, 11) is 0. The number of rotatable bonds is 15. The fourth-order valence-electron chi connectivity index (χ4n) is 3.94. The molecule has 12 heteroatoms. The summed E-state index contributed by atoms with van der Waals surface area (Å²) < 4.78 is 0. The molecule has 1 saturated heterocycles. The predicted octanol–water partition coefficient (Wildman–Crippen LogP) is -0.601. The third-order valence-electron chi connectivity index (χ3n) is 5.72. The van der Waals surface area contributed by atoms with Crippen LogP contribution in [0.1, 0.15) is 65.2 Å². The standard InChI is InChI=1S/C22H39N5O7/c1-13(2)12-14(24)19(30)25-15(8-9-18(28)29)21(32)27-11-5-7-17(27)20(31)26-16(22(33)34)6-3-4-10-23/h13-17H,3-12,23-24H2,1-2H3,(H,25,30)(H,26,31)(H,28,29)(H,33,34). The first-order valence-electron chi connectivity index (χ1n) is 11.8. The number of nitrogens with two attached hydrogens (primary N) is 2. The third kappa shape index (κ3) is 9.64. The van der Waals surface area contributed by atoms with Gasteiger partial charge in [0, 0.05) is 13.0 Å². The van der Waals surface area contributed by atoms with Gasteiger partial charge in [0.1, 0.15) is 18.1 Å². The molecule has 4 unspecified atom stereocenters. The number of hydrogen-bond donors (Lipinski definition) is 6. The van der Waals surface area contributed by atoms with Crippen LogP contribution < -0.4 is 22.1 Å². The van der Waals surface area contributed by atoms with Crippen molar-refractivity contribution in [3.8, 4) is 0 Å². The van der Waals surface area contributed by atoms with Crippen LogP contribution in [0, 0.1) is 5.92 Å². The van der Waals surface area contributed by atoms with E-state index < -0.39 is 53.8 Å². The molecule has 1 aliphatic heterocycles. The summed E-state index contributed by atoms with van der Waals surface area (Å²) in [5.41, 5.74) is 11.3. The van der Waals surface area contributed by atoms with E-state index in [2.05, 4.69) is 10.6 Å². The highest BCUT2D eigenvalue weighted by Crippen LogP contribution is 2.20. The van der Waals surface area contributed by atoms with Gasteiger partial charge in [-0.15, -0.1) is 0 Å². The van der Waals surface area contributed by atoms with Gasteiger partial charge in [-0.3, -0.25) is 19.2 Å². The lowest BCUT2D eigenvalue weighted by molar-refractivity contribution is -0.145. The molecule has 1 fully saturated rings. The Hall–Kier alpha value is -2.73. The average molecular weight is 486 g/mol. The number of carboxylic acid groups (broad SMARTS) is 2. The van der Waals surface area contributed by atoms with Crippen molar-refractivity contribution in [3.63, 3.8) is 0 Å². The van der Waals surface area contributed by atoms with Gasteiger partial charge in [-0.1, -0.05) is 13.8 Å². The van der Waals surface area contributed by atoms with E-state index in [-0.39, 0.29) is 31.7 Å². The summed E-state index contributed by atoms with van der Waals surface area (Å²) in [5, 5.41) is 23.5. The number of likely N-dealkylation sites (tertiary alicyclic amines) is 1. The van der Waals surface area contributed by atoms with Crippen molar-refractivity contribution in [2.24, 2.45) is 17.4 Å². The van der Waals surface area contributed by atoms with Gasteiger partial charge >= 0.3 is 11.9 Å². The van der Waals surface area contributed by atoms with E-state index in [0.717, 1.165) is 0 Å². The van der Waals surface area contributed by atoms with Gasteiger partial charge in [0.15, 0.2) is 0 Å². The van der Waals surface area contributed by atoms with Crippen molar-refractivity contribution in [1.82, 2.24) is 15.5 Å². The van der Waals surface area contributed by atoms with Crippen LogP contribution in [0.3, 0.4) is 0 Å². The smallest absolute Gasteiger partial charge is 0.326 e. The molecular formula is C22H39N5O7. The second kappa shape index (κ2) is 14.5. The summed E-state index contributed by atoms with van der Waals surface area (Å²) in [6, 6.07) is -4.02. The monoisotopic (exact) mass is 485 g/mol. The molecule has 0 radical (unpaired) electrons. The molecule has 0 saturated carbocycles. The Morgan fingerprint density at radius 2 is 1.71 bits per heavy atom. The Morgan fingerprint density at radius 3 is 2.26 bits per heavy atom. The third-order valence-corrected chi connectivity index (χ3v) is 5.72. The van der Waals surface area contributed by atoms with Crippen LogP contribution in [0.4, 0.5) is 0 Å². The van der Waals surface area contributed by atoms with Gasteiger partial charge in [0.25, 0.3) is 0 Å². The number of carbonyl (C=O) groups excluding carboxylic acids is 3. The molecule has 3 amide bonds. The molecule has 4 atom stereocenters. The van der Waals surface area contributed by atoms with E-state index in [1.807, 2.05) is 13.8 Å². The van der Waals surface area contributed by atoms with Gasteiger partial charge in [0.05, 0.1) is 6.04 Å². The molecule has 194 valence electrons. The molecule has 0 spiro atoms. The van der Waals surface area contributed by atoms with Crippen molar-refractivity contribution in [2.45, 2.75) is 89.4 Å². The van der Waals surface area contributed by atoms with Crippen LogP contribution in [0.15, 0.2) is 0 Å². The van der Waals surface area contributed by atoms with Crippen molar-refractivity contribution >= 4 is 29.7 Å². The second-order valence-electron chi connectivity index (χ2n) is 9.10. The Balaban J connectivity index is 2.93. The Kier molecular flexibility index (Phi) is 12.5. The predicted molar refractivity (Wildman–Crippen MR) is 123 cm³/mol. The van der Waals surface area contributed by atoms with Crippen LogP contribution in [-0.2, 0) is 24.0 Å². The number of nitrogens with zero attached hydrogens (tertiary/aromatic N) is 1. The number of hydrogen-bond acceptors (Lipinski definition) is 7. The summed E-state index contributed by atoms with van der Waals surface area (Å²) in [5.74, 6) is -3.90. The lowest BCUT2D eigenvalue weighted by Gasteiger charge is -2.30. The van der Waals surface area contributed by atoms with E-state index >= 15 is 0 Å². The molecule has 8 N–H and O–H groups in total. The number of carbonyl (C=O) groups is 5. The van der Waals surface area contributed by atoms with Crippen molar-refractivity contribution < 1.29 is 34.2 Å². The molecule has 0 aromatic carbocycles. The normalized spacial score (nSPS) is 18.3. The minimum Gasteiger partial charge on any atom is -0.481 e. The fraction of sp³-hybridized carbons (Fsp3) is 0.773. The van der Waals surface area contributed by atoms with Gasteiger partial charge in [-0.05, 0) is 57.4 Å². The SMILES string of the molecule is CC(C)CC(N)C(=O)NC(CCC(=O)O)C(=O)N1CCCC1C(=O)NC(CCCCN)C(=O)O. The molecule has 0 bridgehead atoms. The maximum atomic E-state index is 13.3. The summed E-state index contributed by atoms with van der Waals surface area (Å²) in [6.45, 7) is 4.44. The highest BCUT2D eigenvalue weighted by Gasteiger charge is 2.39. The zero-order chi connectivity index (χ0) is 25.8. The second-order valence-corrected chi connectivity index (χ2v) is 9.10. The molecule has 1 rings (SSSR count). The molecule has 0 aromatic heterocycles. The first-order chi connectivity index (χ1) is 16.0. The number of carboxylic acids is 2. The van der Waals surface area contributed by atoms with E-state index in [1.54, 1.807) is 0 Å². The molecule has 12 nitrogen and oxygen atoms in total. The zero-order valence-corrected chi connectivity index (χ0v) is 20.0. The van der Waals surface area contributed by atoms with E-state index in [0.29, 0.717) is 38.6 Å². The molecule has 1 aliphatic rings. The topological polar surface area (TPSA) is 205 Å². The maximum Gasteiger partial charge on any atom is 0.326 e. The lowest BCUT2D eigenvalue weighted by Crippen LogP contribution is -2.57. The maximum absolute atomic E-state index is 13.3. The Labute approximate surface area is 199 Å². The Bertz CT molecular complexity index is 730. The van der Waals surface area contributed by atoms with Crippen LogP contribution in [0.5, 0.6) is 0 Å². The Morgan fingerprint density at radius 1 is 1.03 bits per heavy atom. The van der Waals surface area contributed by atoms with Gasteiger partial charge in [0.2, 0.25) is 17.7 Å². The number of unbranched alkanes of at least 4 members (excludes halogenated alkanes) is 1. The fourth-order valence-corrected chi connectivity index (χ4v) is 3.94. The summed E-state index contributed by atoms with van der Waals surface area (Å²) in [4.78, 5) is 62.5. The van der Waals surface area contributed by atoms with Crippen molar-refractivity contribution in [3.05, 3.63) is 0 Å². The zero-order valence-electron chi connectivity index (χ0n) is 20.0. The van der Waals surface area contributed by atoms with Crippen LogP contribution >= 0.6 is 0 Å². The van der Waals surface area contributed by atoms with Crippen LogP contribution in [-0.4, -0.2) is 82.0 Å². The van der Waals surface area contributed by atoms with Gasteiger partial charge in [-0.25, -0.2) is 4.79 Å². The van der Waals surface area contributed by atoms with Crippen molar-refractivity contribution in [2.75, 3.05) is 13.1 Å². The molecule has 1 heterocycles. The van der Waals surface area contributed by atoms with Crippen LogP contribution in [0.2, 0.25) is 0 Å². The lowest BCUT2D eigenvalue weighted by atomic mass is 10.0. The first-order valence-corrected chi connectivity index (χ1v) is 11.8. The molecule has 0 aromatic rings. The summed E-state index contributed by atoms with van der Waals surface area (Å²) >= 11 is 0. The molecule has 34 heavy (non-hydrogen) atoms. The minimum atomic E-state index is -1.17. The largest absolute Gasteiger partial charge is 0.481 e. The number of aliphatic carboxylic acids is 2. The molecular weight excluding hydrogens is 446 g/mol. The van der Waals surface area contributed by atoms with Crippen LogP contribution in [0.25, 0.3) is 0 Å². The highest BCUT2D eigenvalue weighted by molar-refractivity contribution is 5.94. The minimum absolute atomic E-state index is 0.146. The molecule has 0 aliphatic carbocycles. The summed E-state index contributed by atoms with van der Waals surface area (Å²) in [6.07, 6.45) is 2.09. The van der Waals surface area contributed by atoms with E-state index in [4.69, 9.17) is 16.6 Å². The quantitative estimate of drug-likeness (QED) is 0.163. The van der Waals surface area contributed by atoms with Gasteiger partial charge < -0.3 is 37.2 Å². The van der Waals surface area contributed by atoms with E-state index in [1.165, 1.54) is 4.90 Å². The average Bonchev–Trinajstić information content (AvgIpc) is 3.24. The van der Waals surface area contributed by atoms with E-state index in [9.17, 15) is 29.1 Å². The number of amides is 3. The van der Waals surface area contributed by atoms with Gasteiger partial charge in [-0.2, -0.15) is 0 Å². The number of nitrogens with one attached hydrogen (secondary N) is 2.